The molecule has 0 aliphatic rings. The molecule has 1 aromatic carbocycles. The van der Waals surface area contributed by atoms with Gasteiger partial charge in [0.2, 0.25) is 0 Å². The average Bonchev–Trinajstić information content (AvgIpc) is 2.17. The molecule has 0 saturated heterocycles. The number of Topliss-reactive ketones (excluding diaryl/α,β-unsaturated/α-hetero) is 1. The van der Waals surface area contributed by atoms with Gasteiger partial charge in [-0.1, -0.05) is 0 Å². The number of carbonyl (C=O) groups excluding carboxylic acids is 1. The molecule has 0 radical (unpaired) electrons. The molecular formula is C9H10N2O5. The predicted octanol–water partition coefficient (Wildman–Crippen LogP) is 2.10. The van der Waals surface area contributed by atoms with Crippen molar-refractivity contribution in [3.63, 3.8) is 0 Å². The van der Waals surface area contributed by atoms with Crippen LogP contribution in [0.4, 0.5) is 11.4 Å². The van der Waals surface area contributed by atoms with Gasteiger partial charge in [0.1, 0.15) is 5.78 Å². The molecule has 0 aromatic heterocycles. The summed E-state index contributed by atoms with van der Waals surface area (Å²) in [6.07, 6.45) is 0. The molecule has 0 saturated carbocycles. The van der Waals surface area contributed by atoms with Crippen LogP contribution in [0.5, 0.6) is 0 Å². The Morgan fingerprint density at radius 2 is 1.38 bits per heavy atom. The average molecular weight is 226 g/mol. The van der Waals surface area contributed by atoms with Crippen molar-refractivity contribution in [1.82, 2.24) is 0 Å². The highest BCUT2D eigenvalue weighted by Gasteiger charge is 2.11. The van der Waals surface area contributed by atoms with Crippen LogP contribution in [0.15, 0.2) is 24.3 Å². The van der Waals surface area contributed by atoms with Crippen molar-refractivity contribution < 1.29 is 14.6 Å². The van der Waals surface area contributed by atoms with Crippen LogP contribution < -0.4 is 0 Å². The van der Waals surface area contributed by atoms with Crippen molar-refractivity contribution in [3.8, 4) is 0 Å². The fourth-order valence-corrected chi connectivity index (χ4v) is 0.720. The first-order valence-corrected chi connectivity index (χ1v) is 4.20. The Balaban J connectivity index is 0.000000487. The fraction of sp³-hybridized carbons (Fsp3) is 0.222. The lowest BCUT2D eigenvalue weighted by Gasteiger charge is -1.90. The number of nitro benzene ring substituents is 2. The highest BCUT2D eigenvalue weighted by molar-refractivity contribution is 5.72. The van der Waals surface area contributed by atoms with Crippen molar-refractivity contribution in [1.29, 1.82) is 0 Å². The van der Waals surface area contributed by atoms with Crippen LogP contribution >= 0.6 is 0 Å². The molecular weight excluding hydrogens is 216 g/mol. The number of nitrogens with zero attached hydrogens (tertiary/aromatic N) is 2. The molecule has 1 rings (SSSR count). The van der Waals surface area contributed by atoms with E-state index >= 15 is 0 Å². The molecule has 0 spiro atoms. The Hall–Kier alpha value is -2.31. The van der Waals surface area contributed by atoms with Gasteiger partial charge in [0.25, 0.3) is 11.4 Å². The van der Waals surface area contributed by atoms with E-state index in [4.69, 9.17) is 0 Å². The number of ketones is 1. The molecule has 0 atom stereocenters. The zero-order valence-corrected chi connectivity index (χ0v) is 8.75. The molecule has 0 bridgehead atoms. The molecule has 86 valence electrons. The number of nitro groups is 2. The first-order valence-electron chi connectivity index (χ1n) is 4.20. The maximum absolute atomic E-state index is 10.2. The summed E-state index contributed by atoms with van der Waals surface area (Å²) >= 11 is 0. The lowest BCUT2D eigenvalue weighted by molar-refractivity contribution is -0.394. The first-order chi connectivity index (χ1) is 7.34. The van der Waals surface area contributed by atoms with Crippen LogP contribution in [0.25, 0.3) is 0 Å². The third-order valence-electron chi connectivity index (χ3n) is 1.25. The first kappa shape index (κ1) is 13.7. The Morgan fingerprint density at radius 1 is 1.06 bits per heavy atom. The lowest BCUT2D eigenvalue weighted by atomic mass is 10.3. The third kappa shape index (κ3) is 5.43. The zero-order chi connectivity index (χ0) is 12.7. The SMILES string of the molecule is CC(C)=O.O=[N+]([O-])c1cccc([N+](=O)[O-])c1. The fourth-order valence-electron chi connectivity index (χ4n) is 0.720. The molecule has 0 aliphatic carbocycles. The van der Waals surface area contributed by atoms with Gasteiger partial charge in [-0.15, -0.1) is 0 Å². The maximum atomic E-state index is 10.2. The number of hydrogen-bond donors (Lipinski definition) is 0. The highest BCUT2D eigenvalue weighted by atomic mass is 16.6. The van der Waals surface area contributed by atoms with Crippen LogP contribution in [0.2, 0.25) is 0 Å². The van der Waals surface area contributed by atoms with Gasteiger partial charge in [-0.2, -0.15) is 0 Å². The molecule has 1 aromatic rings. The van der Waals surface area contributed by atoms with E-state index in [1.54, 1.807) is 0 Å². The summed E-state index contributed by atoms with van der Waals surface area (Å²) < 4.78 is 0. The highest BCUT2D eigenvalue weighted by Crippen LogP contribution is 2.18. The molecule has 0 aliphatic heterocycles. The normalized spacial score (nSPS) is 8.62. The van der Waals surface area contributed by atoms with Crippen molar-refractivity contribution >= 4 is 17.2 Å². The van der Waals surface area contributed by atoms with Crippen LogP contribution in [-0.2, 0) is 4.79 Å². The standard InChI is InChI=1S/C6H4N2O4.C3H6O/c9-7(10)5-2-1-3-6(4-5)8(11)12;1-3(2)4/h1-4H;1-2H3. The van der Waals surface area contributed by atoms with E-state index in [2.05, 4.69) is 0 Å². The van der Waals surface area contributed by atoms with Gasteiger partial charge in [0, 0.05) is 12.1 Å². The Labute approximate surface area is 91.0 Å². The number of rotatable bonds is 2. The number of non-ortho nitro benzene ring substituents is 2. The van der Waals surface area contributed by atoms with Crippen LogP contribution in [-0.4, -0.2) is 15.6 Å². The summed E-state index contributed by atoms with van der Waals surface area (Å²) in [4.78, 5) is 28.4. The van der Waals surface area contributed by atoms with Crippen molar-refractivity contribution in [2.24, 2.45) is 0 Å². The summed E-state index contributed by atoms with van der Waals surface area (Å²) in [5.74, 6) is 0.167. The molecule has 0 fully saturated rings. The predicted molar refractivity (Wildman–Crippen MR) is 56.1 cm³/mol. The molecule has 7 nitrogen and oxygen atoms in total. The molecule has 0 unspecified atom stereocenters. The van der Waals surface area contributed by atoms with Crippen molar-refractivity contribution in [2.45, 2.75) is 13.8 Å². The van der Waals surface area contributed by atoms with E-state index in [1.807, 2.05) is 0 Å². The molecule has 0 heterocycles. The van der Waals surface area contributed by atoms with E-state index in [-0.39, 0.29) is 17.2 Å². The van der Waals surface area contributed by atoms with Gasteiger partial charge >= 0.3 is 0 Å². The minimum Gasteiger partial charge on any atom is -0.300 e. The van der Waals surface area contributed by atoms with Gasteiger partial charge in [-0.25, -0.2) is 0 Å². The zero-order valence-electron chi connectivity index (χ0n) is 8.75. The summed E-state index contributed by atoms with van der Waals surface area (Å²) in [5.41, 5.74) is -0.548. The number of benzene rings is 1. The topological polar surface area (TPSA) is 103 Å². The monoisotopic (exact) mass is 226 g/mol. The van der Waals surface area contributed by atoms with Gasteiger partial charge in [-0.05, 0) is 19.9 Å². The van der Waals surface area contributed by atoms with E-state index in [9.17, 15) is 25.0 Å². The van der Waals surface area contributed by atoms with Crippen LogP contribution in [0, 0.1) is 20.2 Å². The summed E-state index contributed by atoms with van der Waals surface area (Å²) in [7, 11) is 0. The minimum absolute atomic E-state index is 0.167. The minimum atomic E-state index is -0.674. The smallest absolute Gasteiger partial charge is 0.276 e. The van der Waals surface area contributed by atoms with Crippen molar-refractivity contribution in [3.05, 3.63) is 44.5 Å². The van der Waals surface area contributed by atoms with Gasteiger partial charge in [0.05, 0.1) is 15.9 Å². The lowest BCUT2D eigenvalue weighted by Crippen LogP contribution is -1.91. The van der Waals surface area contributed by atoms with Crippen LogP contribution in [0.3, 0.4) is 0 Å². The third-order valence-corrected chi connectivity index (χ3v) is 1.25. The quantitative estimate of drug-likeness (QED) is 0.567. The number of carbonyl (C=O) groups is 1. The molecule has 16 heavy (non-hydrogen) atoms. The Bertz CT molecular complexity index is 383. The Kier molecular flexibility index (Phi) is 5.33. The van der Waals surface area contributed by atoms with E-state index < -0.39 is 9.85 Å². The maximum Gasteiger partial charge on any atom is 0.276 e. The van der Waals surface area contributed by atoms with Crippen LogP contribution in [0.1, 0.15) is 13.8 Å². The Morgan fingerprint density at radius 3 is 1.62 bits per heavy atom. The summed E-state index contributed by atoms with van der Waals surface area (Å²) in [6.45, 7) is 3.06. The molecule has 0 amide bonds. The van der Waals surface area contributed by atoms with E-state index in [0.717, 1.165) is 6.07 Å². The van der Waals surface area contributed by atoms with Gasteiger partial charge < -0.3 is 4.79 Å². The van der Waals surface area contributed by atoms with E-state index in [0.29, 0.717) is 0 Å². The number of hydrogen-bond acceptors (Lipinski definition) is 5. The van der Waals surface area contributed by atoms with Gasteiger partial charge in [-0.3, -0.25) is 20.2 Å². The second-order valence-corrected chi connectivity index (χ2v) is 2.94. The second kappa shape index (κ2) is 6.23. The van der Waals surface area contributed by atoms with E-state index in [1.165, 1.54) is 32.0 Å². The largest absolute Gasteiger partial charge is 0.300 e. The van der Waals surface area contributed by atoms with Gasteiger partial charge in [0.15, 0.2) is 0 Å². The summed E-state index contributed by atoms with van der Waals surface area (Å²) in [6, 6.07) is 4.59. The van der Waals surface area contributed by atoms with Crippen molar-refractivity contribution in [2.75, 3.05) is 0 Å². The second-order valence-electron chi connectivity index (χ2n) is 2.94. The molecule has 0 N–H and O–H groups in total. The summed E-state index contributed by atoms with van der Waals surface area (Å²) in [5, 5.41) is 20.3. The molecule has 7 heteroatoms.